The van der Waals surface area contributed by atoms with E-state index in [1.54, 1.807) is 0 Å². The molecule has 1 amide bonds. The highest BCUT2D eigenvalue weighted by Gasteiger charge is 2.64. The molecule has 4 aliphatic carbocycles. The number of fused-ring (bicyclic) bond motifs is 5. The normalized spacial score (nSPS) is 43.0. The average molecular weight is 584 g/mol. The Bertz CT molecular complexity index is 1000. The molecule has 4 rings (SSSR count). The summed E-state index contributed by atoms with van der Waals surface area (Å²) in [6, 6.07) is -0.577. The fourth-order valence-electron chi connectivity index (χ4n) is 10.8. The monoisotopic (exact) mass is 583 g/mol. The quantitative estimate of drug-likeness (QED) is 0.254. The van der Waals surface area contributed by atoms with Crippen LogP contribution in [0.2, 0.25) is 0 Å². The van der Waals surface area contributed by atoms with Gasteiger partial charge in [0, 0.05) is 12.5 Å². The second-order valence-corrected chi connectivity index (χ2v) is 16.8. The maximum Gasteiger partial charge on any atom is 0.266 e. The molecular weight excluding hydrogens is 526 g/mol. The summed E-state index contributed by atoms with van der Waals surface area (Å²) in [6.45, 7) is 13.4. The average Bonchev–Trinajstić information content (AvgIpc) is 3.19. The molecule has 0 aromatic carbocycles. The van der Waals surface area contributed by atoms with Crippen LogP contribution in [-0.2, 0) is 14.9 Å². The molecule has 4 N–H and O–H groups in total. The van der Waals surface area contributed by atoms with Crippen LogP contribution < -0.4 is 5.32 Å². The van der Waals surface area contributed by atoms with Gasteiger partial charge >= 0.3 is 0 Å². The van der Waals surface area contributed by atoms with Crippen LogP contribution in [0.3, 0.4) is 0 Å². The van der Waals surface area contributed by atoms with Crippen molar-refractivity contribution in [1.82, 2.24) is 5.32 Å². The van der Waals surface area contributed by atoms with Crippen LogP contribution in [0.1, 0.15) is 112 Å². The van der Waals surface area contributed by atoms with E-state index < -0.39 is 21.9 Å². The van der Waals surface area contributed by atoms with Crippen LogP contribution in [0.25, 0.3) is 0 Å². The van der Waals surface area contributed by atoms with Gasteiger partial charge in [0.2, 0.25) is 5.91 Å². The van der Waals surface area contributed by atoms with Crippen LogP contribution in [0.15, 0.2) is 0 Å². The van der Waals surface area contributed by atoms with E-state index in [4.69, 9.17) is 0 Å². The van der Waals surface area contributed by atoms with Crippen molar-refractivity contribution in [3.63, 3.8) is 0 Å². The fraction of sp³-hybridized carbons (Fsp3) is 0.969. The van der Waals surface area contributed by atoms with Crippen molar-refractivity contribution >= 4 is 16.0 Å². The molecular formula is C32H57NO6S. The van der Waals surface area contributed by atoms with E-state index >= 15 is 0 Å². The summed E-state index contributed by atoms with van der Waals surface area (Å²) in [4.78, 5) is 12.9. The van der Waals surface area contributed by atoms with Gasteiger partial charge in [-0.25, -0.2) is 0 Å². The minimum atomic E-state index is -4.16. The zero-order valence-corrected chi connectivity index (χ0v) is 26.6. The fourth-order valence-corrected chi connectivity index (χ4v) is 11.5. The van der Waals surface area contributed by atoms with Crippen molar-refractivity contribution in [3.05, 3.63) is 0 Å². The van der Waals surface area contributed by atoms with Gasteiger partial charge in [-0.3, -0.25) is 9.35 Å². The molecule has 12 atom stereocenters. The van der Waals surface area contributed by atoms with Gasteiger partial charge in [-0.2, -0.15) is 8.42 Å². The van der Waals surface area contributed by atoms with Crippen LogP contribution in [-0.4, -0.2) is 53.1 Å². The zero-order chi connectivity index (χ0) is 29.6. The van der Waals surface area contributed by atoms with Crippen molar-refractivity contribution in [2.45, 2.75) is 130 Å². The Morgan fingerprint density at radius 2 is 1.62 bits per heavy atom. The molecule has 232 valence electrons. The molecule has 0 saturated heterocycles. The number of aliphatic hydroxyl groups excluding tert-OH is 2. The first-order valence-electron chi connectivity index (χ1n) is 16.2. The summed E-state index contributed by atoms with van der Waals surface area (Å²) < 4.78 is 32.3. The molecule has 4 fully saturated rings. The van der Waals surface area contributed by atoms with E-state index in [9.17, 15) is 28.0 Å². The van der Waals surface area contributed by atoms with E-state index in [1.165, 1.54) is 6.42 Å². The van der Waals surface area contributed by atoms with Gasteiger partial charge in [-0.1, -0.05) is 48.0 Å². The summed E-state index contributed by atoms with van der Waals surface area (Å²) in [6.07, 6.45) is 9.41. The first kappa shape index (κ1) is 32.2. The number of amides is 1. The second-order valence-electron chi connectivity index (χ2n) is 15.3. The lowest BCUT2D eigenvalue weighted by Gasteiger charge is -2.64. The predicted octanol–water partition coefficient (Wildman–Crippen LogP) is 5.45. The van der Waals surface area contributed by atoms with Crippen molar-refractivity contribution in [2.75, 3.05) is 5.75 Å². The Labute approximate surface area is 243 Å². The molecule has 4 saturated carbocycles. The molecule has 0 aromatic rings. The largest absolute Gasteiger partial charge is 0.393 e. The number of nitrogens with one attached hydrogen (secondary N) is 1. The van der Waals surface area contributed by atoms with E-state index in [0.717, 1.165) is 51.4 Å². The molecule has 0 radical (unpaired) electrons. The Balaban J connectivity index is 1.43. The number of aliphatic hydroxyl groups is 2. The molecule has 8 heteroatoms. The summed E-state index contributed by atoms with van der Waals surface area (Å²) in [5, 5.41) is 25.3. The topological polar surface area (TPSA) is 124 Å². The highest BCUT2D eigenvalue weighted by atomic mass is 32.2. The van der Waals surface area contributed by atoms with Gasteiger partial charge < -0.3 is 15.5 Å². The third kappa shape index (κ3) is 6.30. The van der Waals surface area contributed by atoms with E-state index in [2.05, 4.69) is 33.0 Å². The molecule has 0 aromatic heterocycles. The maximum absolute atomic E-state index is 12.9. The van der Waals surface area contributed by atoms with Gasteiger partial charge in [-0.05, 0) is 116 Å². The maximum atomic E-state index is 12.9. The first-order valence-corrected chi connectivity index (χ1v) is 17.8. The van der Waals surface area contributed by atoms with Gasteiger partial charge in [0.15, 0.2) is 0 Å². The highest BCUT2D eigenvalue weighted by Crippen LogP contribution is 2.69. The van der Waals surface area contributed by atoms with Gasteiger partial charge in [0.05, 0.1) is 18.0 Å². The molecule has 40 heavy (non-hydrogen) atoms. The van der Waals surface area contributed by atoms with Crippen molar-refractivity contribution in [1.29, 1.82) is 0 Å². The van der Waals surface area contributed by atoms with Gasteiger partial charge in [0.1, 0.15) is 0 Å². The Kier molecular flexibility index (Phi) is 9.76. The van der Waals surface area contributed by atoms with Gasteiger partial charge in [0.25, 0.3) is 10.1 Å². The molecule has 7 nitrogen and oxygen atoms in total. The Morgan fingerprint density at radius 3 is 2.25 bits per heavy atom. The molecule has 0 aliphatic heterocycles. The van der Waals surface area contributed by atoms with Crippen molar-refractivity contribution in [3.8, 4) is 0 Å². The highest BCUT2D eigenvalue weighted by molar-refractivity contribution is 7.85. The second kappa shape index (κ2) is 12.1. The molecule has 0 unspecified atom stereocenters. The third-order valence-corrected chi connectivity index (χ3v) is 13.3. The lowest BCUT2D eigenvalue weighted by atomic mass is 9.41. The smallest absolute Gasteiger partial charge is 0.266 e. The minimum absolute atomic E-state index is 0.142. The Hall–Kier alpha value is -0.700. The van der Waals surface area contributed by atoms with Gasteiger partial charge in [-0.15, -0.1) is 0 Å². The third-order valence-electron chi connectivity index (χ3n) is 12.5. The molecule has 4 aliphatic rings. The number of carbonyl (C=O) groups excluding carboxylic acids is 1. The van der Waals surface area contributed by atoms with Crippen LogP contribution in [0.4, 0.5) is 0 Å². The Morgan fingerprint density at radius 1 is 0.975 bits per heavy atom. The number of rotatable bonds is 10. The number of carbonyl (C=O) groups is 1. The molecule has 0 spiro atoms. The standard InChI is InChI=1S/C32H57NO6S/c1-7-23-27-17-22(34)12-14-32(27,6)26-13-15-31(5)24(9-10-25(31)29(26)30(23)36)20(4)8-11-28(35)33-21(16-19(2)3)18-40(37,38)39/h19-27,29-30,34,36H,7-18H2,1-6H3,(H,33,35)(H,37,38,39)/t20-,21-,22-,23-,24-,25+,26+,27+,29+,30-,31-,32-/m1/s1. The first-order chi connectivity index (χ1) is 18.6. The van der Waals surface area contributed by atoms with Crippen molar-refractivity contribution < 1.29 is 28.0 Å². The molecule has 0 heterocycles. The minimum Gasteiger partial charge on any atom is -0.393 e. The molecule has 0 bridgehead atoms. The summed E-state index contributed by atoms with van der Waals surface area (Å²) in [5.41, 5.74) is 0.348. The van der Waals surface area contributed by atoms with Crippen molar-refractivity contribution in [2.24, 2.45) is 58.2 Å². The SMILES string of the molecule is CC[C@H]1[C@@H](O)[C@@H]2[C@H](CC[C@]3(C)[C@@H]([C@H](C)CCC(=O)N[C@H](CC(C)C)CS(=O)(=O)O)CC[C@@H]23)[C@@]2(C)CC[C@@H](O)C[C@@H]12. The van der Waals surface area contributed by atoms with E-state index in [0.29, 0.717) is 48.3 Å². The summed E-state index contributed by atoms with van der Waals surface area (Å²) in [5.74, 6) is 2.45. The predicted molar refractivity (Wildman–Crippen MR) is 158 cm³/mol. The lowest BCUT2D eigenvalue weighted by molar-refractivity contribution is -0.203. The van der Waals surface area contributed by atoms with Crippen LogP contribution in [0.5, 0.6) is 0 Å². The van der Waals surface area contributed by atoms with Crippen LogP contribution >= 0.6 is 0 Å². The van der Waals surface area contributed by atoms with E-state index in [1.807, 2.05) is 13.8 Å². The lowest BCUT2D eigenvalue weighted by Crippen LogP contribution is -2.62. The zero-order valence-electron chi connectivity index (χ0n) is 25.8. The summed E-state index contributed by atoms with van der Waals surface area (Å²) >= 11 is 0. The summed E-state index contributed by atoms with van der Waals surface area (Å²) in [7, 11) is -4.16. The number of hydrogen-bond acceptors (Lipinski definition) is 5. The number of hydrogen-bond donors (Lipinski definition) is 4. The van der Waals surface area contributed by atoms with Crippen LogP contribution in [0, 0.1) is 58.2 Å². The van der Waals surface area contributed by atoms with E-state index in [-0.39, 0.29) is 40.8 Å².